The maximum Gasteiger partial charge on any atom is 0.269 e. The van der Waals surface area contributed by atoms with Crippen LogP contribution >= 0.6 is 23.2 Å². The normalized spacial score (nSPS) is 23.4. The number of carbonyl (C=O) groups is 1. The van der Waals surface area contributed by atoms with Gasteiger partial charge >= 0.3 is 0 Å². The van der Waals surface area contributed by atoms with Crippen LogP contribution in [0.15, 0.2) is 18.2 Å². The first-order valence-electron chi connectivity index (χ1n) is 6.34. The third-order valence-corrected chi connectivity index (χ3v) is 4.76. The van der Waals surface area contributed by atoms with Crippen molar-refractivity contribution in [2.24, 2.45) is 5.92 Å². The summed E-state index contributed by atoms with van der Waals surface area (Å²) >= 11 is 12.0. The van der Waals surface area contributed by atoms with Gasteiger partial charge in [0.05, 0.1) is 4.92 Å². The van der Waals surface area contributed by atoms with Gasteiger partial charge in [-0.05, 0) is 24.5 Å². The van der Waals surface area contributed by atoms with Crippen LogP contribution in [0.2, 0.25) is 0 Å². The Labute approximate surface area is 125 Å². The largest absolute Gasteiger partial charge is 0.312 e. The first kappa shape index (κ1) is 13.6. The topological polar surface area (TPSA) is 63.4 Å². The predicted molar refractivity (Wildman–Crippen MR) is 76.3 cm³/mol. The Bertz CT molecular complexity index is 603. The number of benzene rings is 1. The molecule has 1 heterocycles. The van der Waals surface area contributed by atoms with Crippen molar-refractivity contribution in [2.45, 2.75) is 23.6 Å². The Kier molecular flexibility index (Phi) is 3.14. The van der Waals surface area contributed by atoms with E-state index < -0.39 is 9.26 Å². The fourth-order valence-corrected chi connectivity index (χ4v) is 3.06. The van der Waals surface area contributed by atoms with Crippen molar-refractivity contribution >= 4 is 40.5 Å². The molecule has 0 unspecified atom stereocenters. The van der Waals surface area contributed by atoms with Gasteiger partial charge in [-0.3, -0.25) is 14.9 Å². The maximum atomic E-state index is 12.1. The number of hydrogen-bond acceptors (Lipinski definition) is 3. The monoisotopic (exact) mass is 314 g/mol. The molecule has 5 nitrogen and oxygen atoms in total. The smallest absolute Gasteiger partial charge is 0.269 e. The van der Waals surface area contributed by atoms with Crippen molar-refractivity contribution in [2.75, 3.05) is 11.4 Å². The van der Waals surface area contributed by atoms with Gasteiger partial charge in [0.15, 0.2) is 0 Å². The van der Waals surface area contributed by atoms with Gasteiger partial charge in [-0.1, -0.05) is 0 Å². The molecule has 2 aliphatic rings. The number of anilines is 1. The lowest BCUT2D eigenvalue weighted by Gasteiger charge is -2.29. The average molecular weight is 315 g/mol. The first-order valence-corrected chi connectivity index (χ1v) is 7.09. The Morgan fingerprint density at radius 3 is 2.70 bits per heavy atom. The molecule has 0 N–H and O–H groups in total. The summed E-state index contributed by atoms with van der Waals surface area (Å²) in [4.78, 5) is 24.1. The van der Waals surface area contributed by atoms with Crippen LogP contribution in [-0.4, -0.2) is 21.7 Å². The molecule has 3 rings (SSSR count). The number of aryl methyl sites for hydroxylation is 1. The van der Waals surface area contributed by atoms with Crippen molar-refractivity contribution in [3.8, 4) is 0 Å². The van der Waals surface area contributed by atoms with E-state index in [0.717, 1.165) is 11.3 Å². The number of carbonyl (C=O) groups excluding carboxylic acids is 1. The summed E-state index contributed by atoms with van der Waals surface area (Å²) in [5.41, 5.74) is 1.62. The van der Waals surface area contributed by atoms with E-state index in [1.54, 1.807) is 11.0 Å². The van der Waals surface area contributed by atoms with Crippen LogP contribution in [0.4, 0.5) is 11.4 Å². The molecule has 1 saturated carbocycles. The number of hydrogen-bond donors (Lipinski definition) is 0. The van der Waals surface area contributed by atoms with Crippen molar-refractivity contribution < 1.29 is 9.72 Å². The van der Waals surface area contributed by atoms with Crippen LogP contribution in [0.5, 0.6) is 0 Å². The van der Waals surface area contributed by atoms with Crippen LogP contribution in [0.3, 0.4) is 0 Å². The third kappa shape index (κ3) is 2.36. The van der Waals surface area contributed by atoms with Crippen LogP contribution in [0.25, 0.3) is 0 Å². The van der Waals surface area contributed by atoms with Gasteiger partial charge in [0.2, 0.25) is 5.91 Å². The van der Waals surface area contributed by atoms with E-state index in [9.17, 15) is 14.9 Å². The number of nitro benzene ring substituents is 1. The molecule has 1 aliphatic heterocycles. The fourth-order valence-electron chi connectivity index (χ4n) is 2.55. The lowest BCUT2D eigenvalue weighted by atomic mass is 10.00. The van der Waals surface area contributed by atoms with Gasteiger partial charge < -0.3 is 4.90 Å². The molecule has 0 saturated heterocycles. The van der Waals surface area contributed by atoms with Crippen LogP contribution < -0.4 is 4.90 Å². The molecule has 0 aromatic heterocycles. The van der Waals surface area contributed by atoms with Crippen molar-refractivity contribution in [3.63, 3.8) is 0 Å². The fraction of sp³-hybridized carbons (Fsp3) is 0.462. The van der Waals surface area contributed by atoms with E-state index in [-0.39, 0.29) is 17.5 Å². The summed E-state index contributed by atoms with van der Waals surface area (Å²) in [5, 5.41) is 10.8. The highest BCUT2D eigenvalue weighted by atomic mass is 35.5. The van der Waals surface area contributed by atoms with Crippen LogP contribution in [0, 0.1) is 16.0 Å². The van der Waals surface area contributed by atoms with Crippen molar-refractivity contribution in [1.29, 1.82) is 0 Å². The second kappa shape index (κ2) is 4.60. The molecule has 1 aliphatic carbocycles. The molecule has 20 heavy (non-hydrogen) atoms. The lowest BCUT2D eigenvalue weighted by Crippen LogP contribution is -2.37. The highest BCUT2D eigenvalue weighted by Crippen LogP contribution is 2.54. The lowest BCUT2D eigenvalue weighted by molar-refractivity contribution is -0.384. The van der Waals surface area contributed by atoms with E-state index in [2.05, 4.69) is 0 Å². The molecule has 1 amide bonds. The zero-order chi connectivity index (χ0) is 14.5. The highest BCUT2D eigenvalue weighted by molar-refractivity contribution is 6.50. The molecule has 106 valence electrons. The molecular formula is C13H12Cl2N2O3. The number of fused-ring (bicyclic) bond motifs is 1. The van der Waals surface area contributed by atoms with E-state index in [1.807, 2.05) is 0 Å². The quantitative estimate of drug-likeness (QED) is 0.489. The van der Waals surface area contributed by atoms with E-state index >= 15 is 0 Å². The first-order chi connectivity index (χ1) is 9.38. The molecule has 1 atom stereocenters. The molecule has 7 heteroatoms. The second-order valence-corrected chi connectivity index (χ2v) is 6.78. The molecule has 0 radical (unpaired) electrons. The summed E-state index contributed by atoms with van der Waals surface area (Å²) in [6, 6.07) is 4.60. The number of non-ortho nitro benzene ring substituents is 1. The van der Waals surface area contributed by atoms with Crippen molar-refractivity contribution in [3.05, 3.63) is 33.9 Å². The summed E-state index contributed by atoms with van der Waals surface area (Å²) in [7, 11) is 0. The highest BCUT2D eigenvalue weighted by Gasteiger charge is 2.52. The standard InChI is InChI=1S/C13H12Cl2N2O3/c14-13(15)6-9(13)7-16-11-3-2-10(17(19)20)5-8(11)1-4-12(16)18/h2-3,5,9H,1,4,6-7H2/t9-/m1/s1. The van der Waals surface area contributed by atoms with E-state index in [1.165, 1.54) is 12.1 Å². The van der Waals surface area contributed by atoms with E-state index in [4.69, 9.17) is 23.2 Å². The molecule has 0 spiro atoms. The summed E-state index contributed by atoms with van der Waals surface area (Å²) < 4.78 is -0.737. The Hall–Kier alpha value is -1.33. The molecular weight excluding hydrogens is 303 g/mol. The van der Waals surface area contributed by atoms with Crippen molar-refractivity contribution in [1.82, 2.24) is 0 Å². The van der Waals surface area contributed by atoms with Gasteiger partial charge in [-0.25, -0.2) is 0 Å². The zero-order valence-corrected chi connectivity index (χ0v) is 12.0. The maximum absolute atomic E-state index is 12.1. The van der Waals surface area contributed by atoms with Crippen LogP contribution in [-0.2, 0) is 11.2 Å². The predicted octanol–water partition coefficient (Wildman–Crippen LogP) is 3.07. The minimum atomic E-state index is -0.737. The summed E-state index contributed by atoms with van der Waals surface area (Å²) in [6.45, 7) is 0.469. The third-order valence-electron chi connectivity index (χ3n) is 3.83. The minimum absolute atomic E-state index is 0.0161. The SMILES string of the molecule is O=C1CCc2cc([N+](=O)[O-])ccc2N1C[C@H]1CC1(Cl)Cl. The zero-order valence-electron chi connectivity index (χ0n) is 10.5. The van der Waals surface area contributed by atoms with Crippen LogP contribution in [0.1, 0.15) is 18.4 Å². The minimum Gasteiger partial charge on any atom is -0.312 e. The number of alkyl halides is 2. The number of halogens is 2. The Morgan fingerprint density at radius 1 is 1.40 bits per heavy atom. The summed E-state index contributed by atoms with van der Waals surface area (Å²) in [5.74, 6) is 0.0818. The van der Waals surface area contributed by atoms with E-state index in [0.29, 0.717) is 25.8 Å². The number of nitro groups is 1. The number of amides is 1. The van der Waals surface area contributed by atoms with Gasteiger partial charge in [-0.2, -0.15) is 0 Å². The molecule has 1 aromatic rings. The molecule has 1 aromatic carbocycles. The Balaban J connectivity index is 1.89. The van der Waals surface area contributed by atoms with Gasteiger partial charge in [0, 0.05) is 36.7 Å². The van der Waals surface area contributed by atoms with Gasteiger partial charge in [-0.15, -0.1) is 23.2 Å². The summed E-state index contributed by atoms with van der Waals surface area (Å²) in [6.07, 6.45) is 1.56. The average Bonchev–Trinajstić information content (AvgIpc) is 2.99. The van der Waals surface area contributed by atoms with Gasteiger partial charge in [0.1, 0.15) is 4.33 Å². The number of rotatable bonds is 3. The second-order valence-electron chi connectivity index (χ2n) is 5.24. The molecule has 1 fully saturated rings. The Morgan fingerprint density at radius 2 is 2.10 bits per heavy atom. The number of nitrogens with zero attached hydrogens (tertiary/aromatic N) is 2. The van der Waals surface area contributed by atoms with Gasteiger partial charge in [0.25, 0.3) is 5.69 Å². The molecule has 0 bridgehead atoms.